The van der Waals surface area contributed by atoms with E-state index < -0.39 is 0 Å². The number of rotatable bonds is 6. The molecule has 1 aromatic rings. The molecule has 0 unspecified atom stereocenters. The smallest absolute Gasteiger partial charge is 0.330 e. The van der Waals surface area contributed by atoms with Crippen LogP contribution in [0.25, 0.3) is 0 Å². The van der Waals surface area contributed by atoms with Crippen molar-refractivity contribution >= 4 is 21.9 Å². The Labute approximate surface area is 116 Å². The fraction of sp³-hybridized carbons (Fsp3) is 0.357. The van der Waals surface area contributed by atoms with Gasteiger partial charge in [-0.15, -0.1) is 0 Å². The van der Waals surface area contributed by atoms with Crippen molar-refractivity contribution in [3.05, 3.63) is 46.5 Å². The second-order valence-electron chi connectivity index (χ2n) is 3.84. The summed E-state index contributed by atoms with van der Waals surface area (Å²) in [6.07, 6.45) is 3.22. The van der Waals surface area contributed by atoms with Crippen LogP contribution in [0.2, 0.25) is 0 Å². The third-order valence-electron chi connectivity index (χ3n) is 2.43. The van der Waals surface area contributed by atoms with Crippen LogP contribution in [0.5, 0.6) is 0 Å². The van der Waals surface area contributed by atoms with E-state index in [1.165, 1.54) is 11.6 Å². The Morgan fingerprint density at radius 2 is 2.33 bits per heavy atom. The second kappa shape index (κ2) is 8.06. The van der Waals surface area contributed by atoms with Gasteiger partial charge in [-0.2, -0.15) is 0 Å². The maximum atomic E-state index is 11.1. The van der Waals surface area contributed by atoms with E-state index in [9.17, 15) is 4.79 Å². The first-order valence-electron chi connectivity index (χ1n) is 5.95. The van der Waals surface area contributed by atoms with E-state index in [1.54, 1.807) is 13.0 Å². The molecule has 0 amide bonds. The normalized spacial score (nSPS) is 12.6. The molecule has 0 aliphatic heterocycles. The van der Waals surface area contributed by atoms with Crippen LogP contribution in [0, 0.1) is 0 Å². The zero-order chi connectivity index (χ0) is 13.4. The minimum Gasteiger partial charge on any atom is -0.463 e. The van der Waals surface area contributed by atoms with Gasteiger partial charge in [-0.25, -0.2) is 4.79 Å². The van der Waals surface area contributed by atoms with E-state index in [2.05, 4.69) is 40.3 Å². The zero-order valence-electron chi connectivity index (χ0n) is 10.7. The number of carbonyl (C=O) groups is 1. The molecule has 0 aromatic heterocycles. The Morgan fingerprint density at radius 1 is 1.56 bits per heavy atom. The van der Waals surface area contributed by atoms with E-state index >= 15 is 0 Å². The number of hydrogen-bond acceptors (Lipinski definition) is 3. The van der Waals surface area contributed by atoms with Crippen molar-refractivity contribution in [3.63, 3.8) is 0 Å². The predicted octanol–water partition coefficient (Wildman–Crippen LogP) is 3.22. The Bertz CT molecular complexity index is 418. The van der Waals surface area contributed by atoms with E-state index in [0.717, 1.165) is 4.47 Å². The lowest BCUT2D eigenvalue weighted by molar-refractivity contribution is -0.137. The summed E-state index contributed by atoms with van der Waals surface area (Å²) in [5.74, 6) is -0.297. The Morgan fingerprint density at radius 3 is 3.00 bits per heavy atom. The molecule has 4 heteroatoms. The molecule has 98 valence electrons. The highest BCUT2D eigenvalue weighted by molar-refractivity contribution is 9.10. The highest BCUT2D eigenvalue weighted by Gasteiger charge is 2.03. The summed E-state index contributed by atoms with van der Waals surface area (Å²) in [5.41, 5.74) is 1.20. The van der Waals surface area contributed by atoms with Gasteiger partial charge in [0.2, 0.25) is 0 Å². The standard InChI is InChI=1S/C14H18BrNO2/c1-3-18-14(17)8-5-9-16-11(2)12-6-4-7-13(15)10-12/h4-8,10-11,16H,3,9H2,1-2H3/b8-5+/t11-/m1/s1. The van der Waals surface area contributed by atoms with Gasteiger partial charge in [0.25, 0.3) is 0 Å². The average molecular weight is 312 g/mol. The molecule has 0 aliphatic carbocycles. The van der Waals surface area contributed by atoms with Crippen LogP contribution in [0.1, 0.15) is 25.5 Å². The molecule has 0 saturated carbocycles. The van der Waals surface area contributed by atoms with Gasteiger partial charge in [0, 0.05) is 23.1 Å². The Balaban J connectivity index is 2.37. The molecular weight excluding hydrogens is 294 g/mol. The van der Waals surface area contributed by atoms with E-state index in [-0.39, 0.29) is 12.0 Å². The van der Waals surface area contributed by atoms with Gasteiger partial charge in [0.15, 0.2) is 0 Å². The van der Waals surface area contributed by atoms with Crippen molar-refractivity contribution in [3.8, 4) is 0 Å². The molecule has 3 nitrogen and oxygen atoms in total. The number of esters is 1. The summed E-state index contributed by atoms with van der Waals surface area (Å²) in [7, 11) is 0. The largest absolute Gasteiger partial charge is 0.463 e. The van der Waals surface area contributed by atoms with Crippen LogP contribution in [0.3, 0.4) is 0 Å². The molecule has 1 aromatic carbocycles. The van der Waals surface area contributed by atoms with Gasteiger partial charge in [-0.3, -0.25) is 0 Å². The molecule has 0 spiro atoms. The van der Waals surface area contributed by atoms with Crippen LogP contribution in [-0.4, -0.2) is 19.1 Å². The van der Waals surface area contributed by atoms with Gasteiger partial charge >= 0.3 is 5.97 Å². The number of halogens is 1. The minimum absolute atomic E-state index is 0.231. The lowest BCUT2D eigenvalue weighted by Gasteiger charge is -2.12. The summed E-state index contributed by atoms with van der Waals surface area (Å²) in [6.45, 7) is 4.91. The lowest BCUT2D eigenvalue weighted by Crippen LogP contribution is -2.18. The van der Waals surface area contributed by atoms with Gasteiger partial charge in [-0.1, -0.05) is 34.1 Å². The summed E-state index contributed by atoms with van der Waals surface area (Å²) >= 11 is 3.45. The van der Waals surface area contributed by atoms with Crippen LogP contribution in [0.15, 0.2) is 40.9 Å². The molecule has 1 N–H and O–H groups in total. The van der Waals surface area contributed by atoms with Crippen molar-refractivity contribution in [2.75, 3.05) is 13.2 Å². The molecule has 1 atom stereocenters. The second-order valence-corrected chi connectivity index (χ2v) is 4.76. The van der Waals surface area contributed by atoms with Crippen molar-refractivity contribution in [1.29, 1.82) is 0 Å². The summed E-state index contributed by atoms with van der Waals surface area (Å²) < 4.78 is 5.86. The topological polar surface area (TPSA) is 38.3 Å². The maximum absolute atomic E-state index is 11.1. The molecule has 0 fully saturated rings. The van der Waals surface area contributed by atoms with E-state index in [4.69, 9.17) is 4.74 Å². The predicted molar refractivity (Wildman–Crippen MR) is 76.3 cm³/mol. The monoisotopic (exact) mass is 311 g/mol. The lowest BCUT2D eigenvalue weighted by atomic mass is 10.1. The van der Waals surface area contributed by atoms with Crippen LogP contribution in [-0.2, 0) is 9.53 Å². The van der Waals surface area contributed by atoms with Crippen molar-refractivity contribution in [1.82, 2.24) is 5.32 Å². The Hall–Kier alpha value is -1.13. The molecule has 0 aliphatic rings. The molecule has 1 rings (SSSR count). The number of hydrogen-bond donors (Lipinski definition) is 1. The number of carbonyl (C=O) groups excluding carboxylic acids is 1. The summed E-state index contributed by atoms with van der Waals surface area (Å²) in [4.78, 5) is 11.1. The zero-order valence-corrected chi connectivity index (χ0v) is 12.2. The molecular formula is C14H18BrNO2. The van der Waals surface area contributed by atoms with E-state index in [1.807, 2.05) is 12.1 Å². The highest BCUT2D eigenvalue weighted by atomic mass is 79.9. The van der Waals surface area contributed by atoms with Crippen molar-refractivity contribution < 1.29 is 9.53 Å². The fourth-order valence-electron chi connectivity index (χ4n) is 1.48. The first-order chi connectivity index (χ1) is 8.63. The Kier molecular flexibility index (Phi) is 6.68. The van der Waals surface area contributed by atoms with Gasteiger partial charge < -0.3 is 10.1 Å². The molecule has 0 bridgehead atoms. The first kappa shape index (κ1) is 14.9. The molecule has 0 heterocycles. The third-order valence-corrected chi connectivity index (χ3v) is 2.92. The number of ether oxygens (including phenoxy) is 1. The van der Waals surface area contributed by atoms with Crippen molar-refractivity contribution in [2.45, 2.75) is 19.9 Å². The van der Waals surface area contributed by atoms with Gasteiger partial charge in [0.1, 0.15) is 0 Å². The average Bonchev–Trinajstić information content (AvgIpc) is 2.35. The molecule has 0 radical (unpaired) electrons. The quantitative estimate of drug-likeness (QED) is 0.647. The minimum atomic E-state index is -0.297. The molecule has 18 heavy (non-hydrogen) atoms. The van der Waals surface area contributed by atoms with E-state index in [0.29, 0.717) is 13.2 Å². The van der Waals surface area contributed by atoms with Gasteiger partial charge in [0.05, 0.1) is 6.61 Å². The van der Waals surface area contributed by atoms with Crippen LogP contribution >= 0.6 is 15.9 Å². The SMILES string of the molecule is CCOC(=O)/C=C/CN[C@H](C)c1cccc(Br)c1. The molecule has 0 saturated heterocycles. The van der Waals surface area contributed by atoms with Gasteiger partial charge in [-0.05, 0) is 31.5 Å². The fourth-order valence-corrected chi connectivity index (χ4v) is 1.90. The third kappa shape index (κ3) is 5.47. The number of benzene rings is 1. The summed E-state index contributed by atoms with van der Waals surface area (Å²) in [5, 5.41) is 3.31. The first-order valence-corrected chi connectivity index (χ1v) is 6.75. The van der Waals surface area contributed by atoms with Crippen LogP contribution < -0.4 is 5.32 Å². The van der Waals surface area contributed by atoms with Crippen molar-refractivity contribution in [2.24, 2.45) is 0 Å². The number of nitrogens with one attached hydrogen (secondary N) is 1. The van der Waals surface area contributed by atoms with Crippen LogP contribution in [0.4, 0.5) is 0 Å². The highest BCUT2D eigenvalue weighted by Crippen LogP contribution is 2.17. The summed E-state index contributed by atoms with van der Waals surface area (Å²) in [6, 6.07) is 8.38. The maximum Gasteiger partial charge on any atom is 0.330 e.